The van der Waals surface area contributed by atoms with Gasteiger partial charge in [0.1, 0.15) is 13.1 Å². The van der Waals surface area contributed by atoms with E-state index in [2.05, 4.69) is 10.6 Å². The lowest BCUT2D eigenvalue weighted by atomic mass is 10.1. The Labute approximate surface area is 186 Å². The van der Waals surface area contributed by atoms with Gasteiger partial charge in [-0.2, -0.15) is 0 Å². The largest absolute Gasteiger partial charge is 0.342 e. The summed E-state index contributed by atoms with van der Waals surface area (Å²) in [6.07, 6.45) is 1.51. The van der Waals surface area contributed by atoms with Crippen molar-refractivity contribution in [2.45, 2.75) is 12.8 Å². The van der Waals surface area contributed by atoms with Gasteiger partial charge in [0.2, 0.25) is 0 Å². The number of carbonyl (C=O) groups is 4. The molecule has 0 atom stereocenters. The van der Waals surface area contributed by atoms with Gasteiger partial charge in [-0.15, -0.1) is 0 Å². The van der Waals surface area contributed by atoms with Gasteiger partial charge in [-0.3, -0.25) is 29.0 Å². The summed E-state index contributed by atoms with van der Waals surface area (Å²) in [5.41, 5.74) is 1.99. The molecule has 0 aliphatic carbocycles. The van der Waals surface area contributed by atoms with Crippen LogP contribution < -0.4 is 10.6 Å². The number of quaternary nitrogens is 2. The van der Waals surface area contributed by atoms with Crippen molar-refractivity contribution < 1.29 is 29.8 Å². The monoisotopic (exact) mass is 436 g/mol. The smallest absolute Gasteiger partial charge is 0.261 e. The summed E-state index contributed by atoms with van der Waals surface area (Å²) in [6, 6.07) is 13.9. The number of fused-ring (bicyclic) bond motifs is 2. The number of imide groups is 2. The van der Waals surface area contributed by atoms with E-state index in [1.807, 2.05) is 0 Å². The van der Waals surface area contributed by atoms with Crippen molar-refractivity contribution in [3.63, 3.8) is 0 Å². The molecule has 0 radical (unpaired) electrons. The third-order valence-electron chi connectivity index (χ3n) is 5.91. The molecule has 4 rings (SSSR count). The highest BCUT2D eigenvalue weighted by Gasteiger charge is 2.35. The van der Waals surface area contributed by atoms with Gasteiger partial charge < -0.3 is 10.6 Å². The number of amides is 4. The second kappa shape index (κ2) is 9.84. The number of rotatable bonds is 11. The Bertz CT molecular complexity index is 898. The van der Waals surface area contributed by atoms with Gasteiger partial charge in [0.25, 0.3) is 23.6 Å². The van der Waals surface area contributed by atoms with Crippen molar-refractivity contribution in [3.8, 4) is 0 Å². The van der Waals surface area contributed by atoms with Crippen molar-refractivity contribution in [1.29, 1.82) is 0 Å². The predicted octanol–water partition coefficient (Wildman–Crippen LogP) is -0.514. The van der Waals surface area contributed by atoms with E-state index in [4.69, 9.17) is 0 Å². The molecule has 0 spiro atoms. The molecule has 0 saturated carbocycles. The van der Waals surface area contributed by atoms with E-state index in [9.17, 15) is 19.2 Å². The zero-order valence-electron chi connectivity index (χ0n) is 18.0. The molecule has 0 aromatic heterocycles. The summed E-state index contributed by atoms with van der Waals surface area (Å²) >= 11 is 0. The Hall–Kier alpha value is -3.36. The zero-order valence-corrected chi connectivity index (χ0v) is 18.0. The van der Waals surface area contributed by atoms with Gasteiger partial charge in [-0.05, 0) is 24.3 Å². The Balaban J connectivity index is 1.05. The van der Waals surface area contributed by atoms with Crippen LogP contribution in [0.25, 0.3) is 0 Å². The molecular weight excluding hydrogens is 408 g/mol. The van der Waals surface area contributed by atoms with Crippen LogP contribution in [0.4, 0.5) is 0 Å². The van der Waals surface area contributed by atoms with Crippen molar-refractivity contribution >= 4 is 23.6 Å². The molecule has 0 unspecified atom stereocenters. The van der Waals surface area contributed by atoms with Gasteiger partial charge >= 0.3 is 0 Å². The van der Waals surface area contributed by atoms with Crippen molar-refractivity contribution in [2.75, 3.05) is 39.3 Å². The van der Waals surface area contributed by atoms with Gasteiger partial charge in [0.15, 0.2) is 0 Å². The van der Waals surface area contributed by atoms with Gasteiger partial charge in [-0.1, -0.05) is 24.3 Å². The Morgan fingerprint density at radius 3 is 1.12 bits per heavy atom. The molecule has 4 N–H and O–H groups in total. The lowest BCUT2D eigenvalue weighted by molar-refractivity contribution is -0.723. The summed E-state index contributed by atoms with van der Waals surface area (Å²) < 4.78 is 0. The molecular formula is C24H28N4O4+2. The first kappa shape index (κ1) is 21.9. The Kier molecular flexibility index (Phi) is 6.72. The minimum absolute atomic E-state index is 0.197. The SMILES string of the molecule is O=C1c2ccccc2C(=O)N1CCC[NH2+]CC[NH2+]CCCN1C(=O)c2ccccc2C1=O. The normalized spacial score (nSPS) is 15.0. The summed E-state index contributed by atoms with van der Waals surface area (Å²) in [4.78, 5) is 51.9. The van der Waals surface area contributed by atoms with Crippen LogP contribution >= 0.6 is 0 Å². The number of carbonyl (C=O) groups excluding carboxylic acids is 4. The van der Waals surface area contributed by atoms with Crippen LogP contribution in [0.3, 0.4) is 0 Å². The standard InChI is InChI=1S/C24H26N4O4/c29-21-17-7-1-2-8-18(17)22(30)27(21)15-5-11-25-13-14-26-12-6-16-28-23(31)19-9-3-4-10-20(19)24(28)32/h1-4,7-10,25-26H,5-6,11-16H2/p+2. The van der Waals surface area contributed by atoms with E-state index in [1.54, 1.807) is 48.5 Å². The van der Waals surface area contributed by atoms with E-state index in [1.165, 1.54) is 9.80 Å². The lowest BCUT2D eigenvalue weighted by Gasteiger charge is -2.13. The summed E-state index contributed by atoms with van der Waals surface area (Å²) in [5, 5.41) is 4.36. The Morgan fingerprint density at radius 2 is 0.812 bits per heavy atom. The fourth-order valence-corrected chi connectivity index (χ4v) is 4.20. The first-order valence-electron chi connectivity index (χ1n) is 11.1. The number of hydrogen-bond donors (Lipinski definition) is 2. The fourth-order valence-electron chi connectivity index (χ4n) is 4.20. The number of hydrogen-bond acceptors (Lipinski definition) is 4. The molecule has 8 heteroatoms. The van der Waals surface area contributed by atoms with Crippen LogP contribution in [0.1, 0.15) is 54.3 Å². The molecule has 0 saturated heterocycles. The molecule has 2 aromatic rings. The fraction of sp³-hybridized carbons (Fsp3) is 0.333. The molecule has 2 aromatic carbocycles. The molecule has 32 heavy (non-hydrogen) atoms. The summed E-state index contributed by atoms with van der Waals surface area (Å²) in [5.74, 6) is -0.789. The van der Waals surface area contributed by atoms with Crippen molar-refractivity contribution in [2.24, 2.45) is 0 Å². The van der Waals surface area contributed by atoms with E-state index >= 15 is 0 Å². The van der Waals surface area contributed by atoms with Gasteiger partial charge in [0, 0.05) is 25.9 Å². The second-order valence-electron chi connectivity index (χ2n) is 8.05. The van der Waals surface area contributed by atoms with Crippen LogP contribution in [0.15, 0.2) is 48.5 Å². The average molecular weight is 437 g/mol. The van der Waals surface area contributed by atoms with Crippen LogP contribution in [-0.4, -0.2) is 72.7 Å². The number of nitrogens with zero attached hydrogens (tertiary/aromatic N) is 2. The molecule has 0 fully saturated rings. The summed E-state index contributed by atoms with van der Waals surface area (Å²) in [7, 11) is 0. The number of benzene rings is 2. The molecule has 2 aliphatic heterocycles. The van der Waals surface area contributed by atoms with Crippen LogP contribution in [0.5, 0.6) is 0 Å². The highest BCUT2D eigenvalue weighted by molar-refractivity contribution is 6.22. The van der Waals surface area contributed by atoms with Gasteiger partial charge in [-0.25, -0.2) is 0 Å². The molecule has 4 amide bonds. The first-order chi connectivity index (χ1) is 15.6. The van der Waals surface area contributed by atoms with Crippen LogP contribution in [0.2, 0.25) is 0 Å². The number of nitrogens with two attached hydrogens (primary N) is 2. The molecule has 0 bridgehead atoms. The predicted molar refractivity (Wildman–Crippen MR) is 116 cm³/mol. The average Bonchev–Trinajstić information content (AvgIpc) is 3.20. The molecule has 166 valence electrons. The van der Waals surface area contributed by atoms with E-state index in [0.717, 1.165) is 39.0 Å². The minimum atomic E-state index is -0.197. The lowest BCUT2D eigenvalue weighted by Crippen LogP contribution is -2.95. The molecule has 8 nitrogen and oxygen atoms in total. The third-order valence-corrected chi connectivity index (χ3v) is 5.91. The molecule has 2 heterocycles. The topological polar surface area (TPSA) is 108 Å². The van der Waals surface area contributed by atoms with Crippen LogP contribution in [-0.2, 0) is 0 Å². The maximum absolute atomic E-state index is 12.3. The van der Waals surface area contributed by atoms with Crippen molar-refractivity contribution in [3.05, 3.63) is 70.8 Å². The first-order valence-corrected chi connectivity index (χ1v) is 11.1. The van der Waals surface area contributed by atoms with E-state index in [0.29, 0.717) is 35.3 Å². The van der Waals surface area contributed by atoms with Gasteiger partial charge in [0.05, 0.1) is 35.3 Å². The zero-order chi connectivity index (χ0) is 22.5. The highest BCUT2D eigenvalue weighted by atomic mass is 16.2. The highest BCUT2D eigenvalue weighted by Crippen LogP contribution is 2.23. The Morgan fingerprint density at radius 1 is 0.500 bits per heavy atom. The summed E-state index contributed by atoms with van der Waals surface area (Å²) in [6.45, 7) is 4.41. The quantitative estimate of drug-likeness (QED) is 0.365. The van der Waals surface area contributed by atoms with Crippen LogP contribution in [0, 0.1) is 0 Å². The second-order valence-corrected chi connectivity index (χ2v) is 8.05. The maximum atomic E-state index is 12.3. The van der Waals surface area contributed by atoms with E-state index < -0.39 is 0 Å². The third kappa shape index (κ3) is 4.32. The minimum Gasteiger partial charge on any atom is -0.342 e. The molecule has 2 aliphatic rings. The van der Waals surface area contributed by atoms with Crippen molar-refractivity contribution in [1.82, 2.24) is 9.80 Å². The maximum Gasteiger partial charge on any atom is 0.261 e. The van der Waals surface area contributed by atoms with E-state index in [-0.39, 0.29) is 23.6 Å².